The zero-order valence-electron chi connectivity index (χ0n) is 13.9. The number of ether oxygens (including phenoxy) is 1. The Morgan fingerprint density at radius 3 is 2.68 bits per heavy atom. The van der Waals surface area contributed by atoms with Gasteiger partial charge in [-0.1, -0.05) is 31.0 Å². The lowest BCUT2D eigenvalue weighted by molar-refractivity contribution is 0.414. The number of methoxy groups -OCH3 is 1. The highest BCUT2D eigenvalue weighted by molar-refractivity contribution is 14.0. The highest BCUT2D eigenvalue weighted by Gasteiger charge is 2.06. The van der Waals surface area contributed by atoms with Crippen LogP contribution >= 0.6 is 35.6 Å². The molecule has 126 valence electrons. The molecule has 0 fully saturated rings. The van der Waals surface area contributed by atoms with E-state index in [1.165, 1.54) is 12.8 Å². The summed E-state index contributed by atoms with van der Waals surface area (Å²) < 4.78 is 5.15. The summed E-state index contributed by atoms with van der Waals surface area (Å²) in [5, 5.41) is 4.11. The van der Waals surface area contributed by atoms with Crippen molar-refractivity contribution in [1.29, 1.82) is 0 Å². The number of guanidine groups is 1. The molecule has 22 heavy (non-hydrogen) atoms. The predicted octanol–water partition coefficient (Wildman–Crippen LogP) is 3.82. The first-order valence-electron chi connectivity index (χ1n) is 7.36. The molecule has 0 amide bonds. The van der Waals surface area contributed by atoms with Gasteiger partial charge in [0.1, 0.15) is 5.75 Å². The van der Waals surface area contributed by atoms with E-state index in [1.54, 1.807) is 7.11 Å². The first kappa shape index (κ1) is 21.3. The summed E-state index contributed by atoms with van der Waals surface area (Å²) in [4.78, 5) is 6.45. The number of halogens is 2. The number of rotatable bonds is 7. The van der Waals surface area contributed by atoms with E-state index in [0.29, 0.717) is 0 Å². The molecule has 6 heteroatoms. The van der Waals surface area contributed by atoms with Crippen LogP contribution in [0.4, 0.5) is 0 Å². The Labute approximate surface area is 156 Å². The molecule has 0 aliphatic rings. The number of nitrogens with one attached hydrogen (secondary N) is 1. The third-order valence-corrected chi connectivity index (χ3v) is 3.71. The molecule has 0 aliphatic heterocycles. The predicted molar refractivity (Wildman–Crippen MR) is 106 cm³/mol. The molecule has 4 nitrogen and oxygen atoms in total. The minimum absolute atomic E-state index is 0. The third kappa shape index (κ3) is 7.05. The fourth-order valence-electron chi connectivity index (χ4n) is 2.05. The smallest absolute Gasteiger partial charge is 0.193 e. The van der Waals surface area contributed by atoms with Crippen molar-refractivity contribution in [2.45, 2.75) is 26.2 Å². The molecule has 0 aromatic heterocycles. The molecule has 0 heterocycles. The van der Waals surface area contributed by atoms with E-state index in [4.69, 9.17) is 16.3 Å². The molecule has 0 bridgehead atoms. The molecule has 0 saturated heterocycles. The van der Waals surface area contributed by atoms with Crippen molar-refractivity contribution in [2.24, 2.45) is 4.99 Å². The molecule has 1 N–H and O–H groups in total. The summed E-state index contributed by atoms with van der Waals surface area (Å²) in [5.74, 6) is 1.71. The van der Waals surface area contributed by atoms with Crippen LogP contribution in [0, 0.1) is 0 Å². The normalized spacial score (nSPS) is 10.9. The second kappa shape index (κ2) is 11.8. The molecule has 0 aliphatic carbocycles. The van der Waals surface area contributed by atoms with Gasteiger partial charge in [-0.15, -0.1) is 24.0 Å². The number of unbranched alkanes of at least 4 members (excludes halogenated alkanes) is 1. The van der Waals surface area contributed by atoms with Crippen molar-refractivity contribution in [1.82, 2.24) is 10.2 Å². The van der Waals surface area contributed by atoms with E-state index in [1.807, 2.05) is 25.2 Å². The fourth-order valence-corrected chi connectivity index (χ4v) is 2.32. The van der Waals surface area contributed by atoms with E-state index < -0.39 is 0 Å². The second-order valence-electron chi connectivity index (χ2n) is 4.96. The van der Waals surface area contributed by atoms with E-state index in [0.717, 1.165) is 41.8 Å². The Morgan fingerprint density at radius 2 is 2.14 bits per heavy atom. The van der Waals surface area contributed by atoms with Crippen molar-refractivity contribution >= 4 is 41.5 Å². The van der Waals surface area contributed by atoms with Crippen LogP contribution in [0.15, 0.2) is 23.2 Å². The molecule has 1 rings (SSSR count). The molecule has 0 unspecified atom stereocenters. The second-order valence-corrected chi connectivity index (χ2v) is 5.36. The summed E-state index contributed by atoms with van der Waals surface area (Å²) in [6, 6.07) is 5.79. The summed E-state index contributed by atoms with van der Waals surface area (Å²) in [7, 11) is 5.51. The Morgan fingerprint density at radius 1 is 1.41 bits per heavy atom. The van der Waals surface area contributed by atoms with E-state index in [2.05, 4.69) is 29.2 Å². The van der Waals surface area contributed by atoms with Crippen molar-refractivity contribution in [2.75, 3.05) is 34.3 Å². The van der Waals surface area contributed by atoms with Gasteiger partial charge < -0.3 is 15.0 Å². The summed E-state index contributed by atoms with van der Waals surface area (Å²) in [5.41, 5.74) is 1.11. The van der Waals surface area contributed by atoms with Gasteiger partial charge in [-0.25, -0.2) is 0 Å². The van der Waals surface area contributed by atoms with Crippen molar-refractivity contribution in [3.05, 3.63) is 28.8 Å². The molecule has 1 aromatic carbocycles. The lowest BCUT2D eigenvalue weighted by Crippen LogP contribution is -2.40. The molecule has 1 aromatic rings. The minimum Gasteiger partial charge on any atom is -0.497 e. The Kier molecular flexibility index (Phi) is 11.5. The number of hydrogen-bond acceptors (Lipinski definition) is 2. The van der Waals surface area contributed by atoms with Gasteiger partial charge in [0.25, 0.3) is 0 Å². The van der Waals surface area contributed by atoms with Gasteiger partial charge in [0.05, 0.1) is 7.11 Å². The summed E-state index contributed by atoms with van der Waals surface area (Å²) in [6.07, 6.45) is 3.20. The maximum atomic E-state index is 6.24. The maximum Gasteiger partial charge on any atom is 0.193 e. The topological polar surface area (TPSA) is 36.9 Å². The highest BCUT2D eigenvalue weighted by atomic mass is 127. The monoisotopic (exact) mass is 439 g/mol. The maximum absolute atomic E-state index is 6.24. The van der Waals surface area contributed by atoms with Crippen LogP contribution in [0.5, 0.6) is 5.75 Å². The Bertz CT molecular complexity index is 469. The van der Waals surface area contributed by atoms with Crippen LogP contribution in [-0.2, 0) is 6.42 Å². The van der Waals surface area contributed by atoms with Crippen LogP contribution < -0.4 is 10.1 Å². The number of benzene rings is 1. The lowest BCUT2D eigenvalue weighted by Gasteiger charge is -2.21. The van der Waals surface area contributed by atoms with Crippen LogP contribution in [0.1, 0.15) is 25.3 Å². The van der Waals surface area contributed by atoms with E-state index >= 15 is 0 Å². The van der Waals surface area contributed by atoms with Gasteiger partial charge in [-0.3, -0.25) is 4.99 Å². The standard InChI is InChI=1S/C16H26ClN3O.HI/c1-5-6-11-20(3)16(18-2)19-10-9-13-7-8-14(21-4)12-15(13)17;/h7-8,12H,5-6,9-11H2,1-4H3,(H,18,19);1H. The zero-order valence-corrected chi connectivity index (χ0v) is 16.9. The van der Waals surface area contributed by atoms with Gasteiger partial charge >= 0.3 is 0 Å². The quantitative estimate of drug-likeness (QED) is 0.399. The molecule has 0 radical (unpaired) electrons. The first-order valence-corrected chi connectivity index (χ1v) is 7.74. The zero-order chi connectivity index (χ0) is 15.7. The highest BCUT2D eigenvalue weighted by Crippen LogP contribution is 2.22. The third-order valence-electron chi connectivity index (χ3n) is 3.36. The van der Waals surface area contributed by atoms with Gasteiger partial charge in [0.15, 0.2) is 5.96 Å². The van der Waals surface area contributed by atoms with Crippen molar-refractivity contribution < 1.29 is 4.74 Å². The summed E-state index contributed by atoms with van der Waals surface area (Å²) >= 11 is 6.24. The summed E-state index contributed by atoms with van der Waals surface area (Å²) in [6.45, 7) is 4.00. The number of nitrogens with zero attached hydrogens (tertiary/aromatic N) is 2. The van der Waals surface area contributed by atoms with Gasteiger partial charge in [-0.2, -0.15) is 0 Å². The van der Waals surface area contributed by atoms with Crippen molar-refractivity contribution in [3.63, 3.8) is 0 Å². The van der Waals surface area contributed by atoms with Crippen LogP contribution in [0.25, 0.3) is 0 Å². The van der Waals surface area contributed by atoms with Crippen LogP contribution in [-0.4, -0.2) is 45.2 Å². The molecule has 0 atom stereocenters. The molecule has 0 spiro atoms. The average molecular weight is 440 g/mol. The van der Waals surface area contributed by atoms with Crippen molar-refractivity contribution in [3.8, 4) is 5.75 Å². The number of hydrogen-bond donors (Lipinski definition) is 1. The van der Waals surface area contributed by atoms with Gasteiger partial charge in [0.2, 0.25) is 0 Å². The average Bonchev–Trinajstić information content (AvgIpc) is 2.50. The lowest BCUT2D eigenvalue weighted by atomic mass is 10.1. The Balaban J connectivity index is 0.00000441. The Hall–Kier alpha value is -0.690. The minimum atomic E-state index is 0. The first-order chi connectivity index (χ1) is 10.1. The van der Waals surface area contributed by atoms with E-state index in [-0.39, 0.29) is 24.0 Å². The molecular weight excluding hydrogens is 413 g/mol. The van der Waals surface area contributed by atoms with Crippen LogP contribution in [0.2, 0.25) is 5.02 Å². The number of aliphatic imine (C=N–C) groups is 1. The van der Waals surface area contributed by atoms with E-state index in [9.17, 15) is 0 Å². The van der Waals surface area contributed by atoms with Gasteiger partial charge in [-0.05, 0) is 30.5 Å². The fraction of sp³-hybridized carbons (Fsp3) is 0.562. The van der Waals surface area contributed by atoms with Crippen LogP contribution in [0.3, 0.4) is 0 Å². The SMILES string of the molecule is CCCCN(C)C(=NC)NCCc1ccc(OC)cc1Cl.I. The largest absolute Gasteiger partial charge is 0.497 e. The molecular formula is C16H27ClIN3O. The molecule has 0 saturated carbocycles. The van der Waals surface area contributed by atoms with Gasteiger partial charge in [0, 0.05) is 32.2 Å².